The Morgan fingerprint density at radius 3 is 2.65 bits per heavy atom. The van der Waals surface area contributed by atoms with Gasteiger partial charge in [-0.3, -0.25) is 4.79 Å². The van der Waals surface area contributed by atoms with Crippen LogP contribution in [0.15, 0.2) is 41.3 Å². The predicted molar refractivity (Wildman–Crippen MR) is 115 cm³/mol. The summed E-state index contributed by atoms with van der Waals surface area (Å²) >= 11 is 0. The molecular formula is C22H26N2O6S. The van der Waals surface area contributed by atoms with Gasteiger partial charge in [0.1, 0.15) is 11.5 Å². The Hall–Kier alpha value is -2.62. The number of hydrogen-bond donors (Lipinski definition) is 1. The third-order valence-corrected chi connectivity index (χ3v) is 7.39. The number of morpholine rings is 1. The Kier molecular flexibility index (Phi) is 6.45. The van der Waals surface area contributed by atoms with Gasteiger partial charge >= 0.3 is 0 Å². The number of sulfonamides is 1. The number of nitrogens with one attached hydrogen (secondary N) is 1. The minimum absolute atomic E-state index is 0.0880. The smallest absolute Gasteiger partial charge is 0.262 e. The highest BCUT2D eigenvalue weighted by Gasteiger charge is 2.27. The number of carbonyl (C=O) groups is 1. The highest BCUT2D eigenvalue weighted by molar-refractivity contribution is 7.89. The standard InChI is InChI=1S/C22H26N2O6S/c1-28-21-8-7-19(31(26,27)24-9-11-29-12-10-24)14-20(21)23-22(25)15-30-18-6-5-16-3-2-4-17(16)13-18/h5-8,13-14H,2-4,9-12,15H2,1H3,(H,23,25). The van der Waals surface area contributed by atoms with E-state index in [0.29, 0.717) is 37.8 Å². The SMILES string of the molecule is COc1ccc(S(=O)(=O)N2CCOCC2)cc1NC(=O)COc1ccc2c(c1)CCC2. The molecule has 2 aromatic carbocycles. The summed E-state index contributed by atoms with van der Waals surface area (Å²) in [6, 6.07) is 10.3. The normalized spacial score (nSPS) is 16.5. The van der Waals surface area contributed by atoms with Crippen LogP contribution >= 0.6 is 0 Å². The van der Waals surface area contributed by atoms with E-state index in [1.165, 1.54) is 40.7 Å². The van der Waals surface area contributed by atoms with Crippen LogP contribution < -0.4 is 14.8 Å². The second kappa shape index (κ2) is 9.25. The Balaban J connectivity index is 1.45. The molecule has 1 heterocycles. The van der Waals surface area contributed by atoms with E-state index in [1.807, 2.05) is 18.2 Å². The van der Waals surface area contributed by atoms with Gasteiger partial charge in [0.25, 0.3) is 5.91 Å². The van der Waals surface area contributed by atoms with Crippen LogP contribution in [0.5, 0.6) is 11.5 Å². The lowest BCUT2D eigenvalue weighted by atomic mass is 10.1. The maximum Gasteiger partial charge on any atom is 0.262 e. The zero-order valence-electron chi connectivity index (χ0n) is 17.4. The molecule has 1 aliphatic carbocycles. The lowest BCUT2D eigenvalue weighted by Crippen LogP contribution is -2.40. The van der Waals surface area contributed by atoms with Crippen molar-refractivity contribution in [2.75, 3.05) is 45.3 Å². The number of benzene rings is 2. The summed E-state index contributed by atoms with van der Waals surface area (Å²) < 4.78 is 43.4. The molecule has 0 aromatic heterocycles. The summed E-state index contributed by atoms with van der Waals surface area (Å²) in [5.41, 5.74) is 2.87. The number of rotatable bonds is 7. The Morgan fingerprint density at radius 2 is 1.87 bits per heavy atom. The Labute approximate surface area is 182 Å². The summed E-state index contributed by atoms with van der Waals surface area (Å²) in [5.74, 6) is 0.609. The van der Waals surface area contributed by atoms with E-state index in [1.54, 1.807) is 0 Å². The number of hydrogen-bond acceptors (Lipinski definition) is 6. The van der Waals surface area contributed by atoms with Gasteiger partial charge in [0.15, 0.2) is 6.61 Å². The minimum Gasteiger partial charge on any atom is -0.495 e. The molecule has 2 aliphatic rings. The molecule has 1 N–H and O–H groups in total. The van der Waals surface area contributed by atoms with Crippen molar-refractivity contribution in [3.05, 3.63) is 47.5 Å². The minimum atomic E-state index is -3.69. The fraction of sp³-hybridized carbons (Fsp3) is 0.409. The van der Waals surface area contributed by atoms with E-state index < -0.39 is 15.9 Å². The van der Waals surface area contributed by atoms with Gasteiger partial charge in [0, 0.05) is 13.1 Å². The number of ether oxygens (including phenoxy) is 3. The van der Waals surface area contributed by atoms with Gasteiger partial charge in [-0.1, -0.05) is 6.07 Å². The molecule has 1 fully saturated rings. The molecule has 8 nitrogen and oxygen atoms in total. The molecular weight excluding hydrogens is 420 g/mol. The fourth-order valence-corrected chi connectivity index (χ4v) is 5.29. The monoisotopic (exact) mass is 446 g/mol. The van der Waals surface area contributed by atoms with Crippen LogP contribution in [0.4, 0.5) is 5.69 Å². The van der Waals surface area contributed by atoms with Crippen molar-refractivity contribution in [3.63, 3.8) is 0 Å². The van der Waals surface area contributed by atoms with Crippen molar-refractivity contribution in [2.45, 2.75) is 24.2 Å². The zero-order valence-corrected chi connectivity index (χ0v) is 18.2. The van der Waals surface area contributed by atoms with Crippen LogP contribution in [-0.2, 0) is 32.4 Å². The number of methoxy groups -OCH3 is 1. The molecule has 4 rings (SSSR count). The molecule has 0 spiro atoms. The average Bonchev–Trinajstić information content (AvgIpc) is 3.26. The summed E-state index contributed by atoms with van der Waals surface area (Å²) in [6.45, 7) is 1.12. The van der Waals surface area contributed by atoms with Gasteiger partial charge in [-0.25, -0.2) is 8.42 Å². The van der Waals surface area contributed by atoms with Gasteiger partial charge in [-0.2, -0.15) is 4.31 Å². The van der Waals surface area contributed by atoms with Crippen molar-refractivity contribution in [2.24, 2.45) is 0 Å². The molecule has 0 bridgehead atoms. The molecule has 2 aromatic rings. The van der Waals surface area contributed by atoms with Gasteiger partial charge in [0.2, 0.25) is 10.0 Å². The van der Waals surface area contributed by atoms with Crippen molar-refractivity contribution in [3.8, 4) is 11.5 Å². The summed E-state index contributed by atoms with van der Waals surface area (Å²) in [4.78, 5) is 12.6. The van der Waals surface area contributed by atoms with Crippen molar-refractivity contribution in [1.29, 1.82) is 0 Å². The van der Waals surface area contributed by atoms with Gasteiger partial charge in [0.05, 0.1) is 30.9 Å². The lowest BCUT2D eigenvalue weighted by molar-refractivity contribution is -0.118. The summed E-state index contributed by atoms with van der Waals surface area (Å²) in [5, 5.41) is 2.70. The van der Waals surface area contributed by atoms with Gasteiger partial charge in [-0.15, -0.1) is 0 Å². The highest BCUT2D eigenvalue weighted by Crippen LogP contribution is 2.30. The maximum atomic E-state index is 12.9. The molecule has 1 amide bonds. The predicted octanol–water partition coefficient (Wildman–Crippen LogP) is 2.22. The molecule has 31 heavy (non-hydrogen) atoms. The third-order valence-electron chi connectivity index (χ3n) is 5.49. The number of aryl methyl sites for hydroxylation is 2. The second-order valence-electron chi connectivity index (χ2n) is 7.50. The van der Waals surface area contributed by atoms with Crippen LogP contribution in [0.25, 0.3) is 0 Å². The maximum absolute atomic E-state index is 12.9. The fourth-order valence-electron chi connectivity index (χ4n) is 3.85. The average molecular weight is 447 g/mol. The number of amides is 1. The first-order valence-corrected chi connectivity index (χ1v) is 11.7. The number of nitrogens with zero attached hydrogens (tertiary/aromatic N) is 1. The first-order valence-electron chi connectivity index (χ1n) is 10.3. The van der Waals surface area contributed by atoms with E-state index in [-0.39, 0.29) is 17.2 Å². The van der Waals surface area contributed by atoms with E-state index in [2.05, 4.69) is 5.32 Å². The molecule has 0 unspecified atom stereocenters. The van der Waals surface area contributed by atoms with Crippen LogP contribution in [0, 0.1) is 0 Å². The largest absolute Gasteiger partial charge is 0.495 e. The first kappa shape index (κ1) is 21.6. The summed E-state index contributed by atoms with van der Waals surface area (Å²) in [6.07, 6.45) is 3.25. The van der Waals surface area contributed by atoms with Crippen LogP contribution in [-0.4, -0.2) is 58.7 Å². The van der Waals surface area contributed by atoms with E-state index >= 15 is 0 Å². The van der Waals surface area contributed by atoms with Crippen LogP contribution in [0.3, 0.4) is 0 Å². The summed E-state index contributed by atoms with van der Waals surface area (Å²) in [7, 11) is -2.23. The molecule has 0 radical (unpaired) electrons. The Morgan fingerprint density at radius 1 is 1.10 bits per heavy atom. The van der Waals surface area contributed by atoms with Crippen LogP contribution in [0.1, 0.15) is 17.5 Å². The van der Waals surface area contributed by atoms with Crippen molar-refractivity contribution >= 4 is 21.6 Å². The molecule has 1 saturated heterocycles. The molecule has 0 saturated carbocycles. The molecule has 9 heteroatoms. The lowest BCUT2D eigenvalue weighted by Gasteiger charge is -2.26. The number of carbonyl (C=O) groups excluding carboxylic acids is 1. The second-order valence-corrected chi connectivity index (χ2v) is 9.44. The zero-order chi connectivity index (χ0) is 21.8. The quantitative estimate of drug-likeness (QED) is 0.701. The van der Waals surface area contributed by atoms with Gasteiger partial charge in [-0.05, 0) is 60.7 Å². The third kappa shape index (κ3) is 4.84. The molecule has 166 valence electrons. The first-order chi connectivity index (χ1) is 15.0. The number of fused-ring (bicyclic) bond motifs is 1. The van der Waals surface area contributed by atoms with Gasteiger partial charge < -0.3 is 19.5 Å². The number of anilines is 1. The van der Waals surface area contributed by atoms with Crippen molar-refractivity contribution in [1.82, 2.24) is 4.31 Å². The topological polar surface area (TPSA) is 94.2 Å². The molecule has 0 atom stereocenters. The van der Waals surface area contributed by atoms with Crippen LogP contribution in [0.2, 0.25) is 0 Å². The van der Waals surface area contributed by atoms with Crippen molar-refractivity contribution < 1.29 is 27.4 Å². The van der Waals surface area contributed by atoms with E-state index in [4.69, 9.17) is 14.2 Å². The van der Waals surface area contributed by atoms with E-state index in [0.717, 1.165) is 19.3 Å². The molecule has 1 aliphatic heterocycles. The van der Waals surface area contributed by atoms with E-state index in [9.17, 15) is 13.2 Å². The highest BCUT2D eigenvalue weighted by atomic mass is 32.2. The Bertz CT molecular complexity index is 1060.